The van der Waals surface area contributed by atoms with Crippen LogP contribution in [0.4, 0.5) is 28.7 Å². The number of rotatable bonds is 21. The minimum Gasteiger partial charge on any atom is -0.493 e. The molecule has 0 aliphatic carbocycles. The number of anilines is 1. The van der Waals surface area contributed by atoms with Crippen molar-refractivity contribution in [1.82, 2.24) is 15.0 Å². The van der Waals surface area contributed by atoms with Gasteiger partial charge in [0.2, 0.25) is 5.95 Å². The van der Waals surface area contributed by atoms with Gasteiger partial charge in [-0.2, -0.15) is 45.4 Å². The molecule has 1 heterocycles. The minimum atomic E-state index is -4.66. The zero-order valence-corrected chi connectivity index (χ0v) is 41.0. The van der Waals surface area contributed by atoms with Gasteiger partial charge in [0.05, 0.1) is 41.1 Å². The molecule has 63 heavy (non-hydrogen) atoms. The number of nitrogens with zero attached hydrogens (tertiary/aromatic N) is 7. The maximum Gasteiger partial charge on any atom is 0.296 e. The van der Waals surface area contributed by atoms with Crippen LogP contribution in [0.2, 0.25) is 10.0 Å². The third-order valence-electron chi connectivity index (χ3n) is 8.16. The molecule has 336 valence electrons. The average Bonchev–Trinajstić information content (AvgIpc) is 3.19. The third-order valence-corrected chi connectivity index (χ3v) is 13.0. The van der Waals surface area contributed by atoms with Gasteiger partial charge in [-0.05, 0) is 113 Å². The van der Waals surface area contributed by atoms with E-state index >= 15 is 0 Å². The fraction of sp³-hybridized carbons (Fsp3) is 0.270. The van der Waals surface area contributed by atoms with Crippen LogP contribution in [-0.4, -0.2) is 85.1 Å². The smallest absolute Gasteiger partial charge is 0.296 e. The summed E-state index contributed by atoms with van der Waals surface area (Å²) < 4.78 is 111. The molecule has 5 aromatic rings. The van der Waals surface area contributed by atoms with Crippen LogP contribution >= 0.6 is 68.4 Å². The Morgan fingerprint density at radius 2 is 1.19 bits per heavy atom. The number of benzene rings is 4. The molecule has 0 unspecified atom stereocenters. The average molecular weight is 1190 g/mol. The van der Waals surface area contributed by atoms with E-state index in [0.29, 0.717) is 49.9 Å². The first-order valence-corrected chi connectivity index (χ1v) is 25.9. The maximum absolute atomic E-state index is 11.8. The molecule has 0 radical (unpaired) electrons. The van der Waals surface area contributed by atoms with Gasteiger partial charge in [-0.15, -0.1) is 10.2 Å². The summed E-state index contributed by atoms with van der Waals surface area (Å²) in [7, 11) is -13.3. The second kappa shape index (κ2) is 22.4. The Bertz CT molecular complexity index is 2860. The highest BCUT2D eigenvalue weighted by Crippen LogP contribution is 2.36. The van der Waals surface area contributed by atoms with Crippen molar-refractivity contribution in [3.05, 3.63) is 107 Å². The van der Waals surface area contributed by atoms with Gasteiger partial charge in [-0.3, -0.25) is 13.7 Å². The molecule has 0 bridgehead atoms. The molecule has 5 rings (SSSR count). The second-order valence-corrected chi connectivity index (χ2v) is 20.9. The predicted molar refractivity (Wildman–Crippen MR) is 252 cm³/mol. The Kier molecular flexibility index (Phi) is 17.9. The van der Waals surface area contributed by atoms with E-state index in [1.807, 2.05) is 35.6 Å². The first-order valence-electron chi connectivity index (χ1n) is 18.3. The van der Waals surface area contributed by atoms with Crippen LogP contribution in [0.1, 0.15) is 42.5 Å². The molecule has 0 fully saturated rings. The number of hydrogen-bond donors (Lipinski definition) is 4. The quantitative estimate of drug-likeness (QED) is 0.0230. The molecule has 0 atom stereocenters. The highest BCUT2D eigenvalue weighted by Gasteiger charge is 2.19. The van der Waals surface area contributed by atoms with Crippen molar-refractivity contribution in [2.24, 2.45) is 20.5 Å². The minimum absolute atomic E-state index is 0.000670. The Morgan fingerprint density at radius 1 is 0.667 bits per heavy atom. The molecule has 4 N–H and O–H groups in total. The summed E-state index contributed by atoms with van der Waals surface area (Å²) in [5, 5.41) is 20.3. The Morgan fingerprint density at radius 3 is 1.71 bits per heavy atom. The van der Waals surface area contributed by atoms with Crippen molar-refractivity contribution in [2.45, 2.75) is 37.5 Å². The van der Waals surface area contributed by atoms with Gasteiger partial charge >= 0.3 is 0 Å². The van der Waals surface area contributed by atoms with Crippen molar-refractivity contribution < 1.29 is 48.4 Å². The fourth-order valence-corrected chi connectivity index (χ4v) is 8.56. The first-order chi connectivity index (χ1) is 29.7. The lowest BCUT2D eigenvalue weighted by Gasteiger charge is -2.15. The summed E-state index contributed by atoms with van der Waals surface area (Å²) in [6, 6.07) is 17.3. The Hall–Kier alpha value is -3.74. The SMILES string of the molecule is CCCOc1cc(N=Nc2ccc(Cl)cc2)c(I)cc1Cc1nc(Cc2cc(I)c(N=Nc3ccc(Cl)c(S(=O)(=O)O)c3)cc2OCCCS(=O)(=O)O)nc(NCCS(=O)(=O)O)n1. The van der Waals surface area contributed by atoms with E-state index in [1.54, 1.807) is 36.4 Å². The lowest BCUT2D eigenvalue weighted by atomic mass is 10.1. The van der Waals surface area contributed by atoms with E-state index < -0.39 is 46.8 Å². The molecule has 0 aliphatic heterocycles. The monoisotopic (exact) mass is 1190 g/mol. The summed E-state index contributed by atoms with van der Waals surface area (Å²) in [5.74, 6) is -0.0589. The van der Waals surface area contributed by atoms with E-state index in [-0.39, 0.29) is 72.2 Å². The van der Waals surface area contributed by atoms with Crippen molar-refractivity contribution in [1.29, 1.82) is 0 Å². The van der Waals surface area contributed by atoms with E-state index in [1.165, 1.54) is 18.2 Å². The standard InChI is InChI=1S/C37H36Cl2I2N8O11S3/c1-2-11-59-32-20-30(48-46-25-6-4-24(38)5-7-25)28(40)15-22(32)17-35-43-36(45-37(44-35)42-10-14-62(53,54)55)18-23-16-29(41)31(21-33(23)60-12-3-13-61(50,51)52)49-47-26-8-9-27(39)34(19-26)63(56,57)58/h4-9,15-16,19-21H,2-3,10-14,17-18H2,1H3,(H,50,51,52)(H,53,54,55)(H,56,57,58)(H,42,43,44,45). The second-order valence-electron chi connectivity index (χ2n) is 13.2. The molecular weight excluding hydrogens is 1150 g/mol. The first kappa shape index (κ1) is 50.3. The summed E-state index contributed by atoms with van der Waals surface area (Å²) in [6.07, 6.45) is 0.732. The summed E-state index contributed by atoms with van der Waals surface area (Å²) >= 11 is 16.1. The summed E-state index contributed by atoms with van der Waals surface area (Å²) in [5.41, 5.74) is 2.62. The Balaban J connectivity index is 1.53. The fourth-order valence-electron chi connectivity index (χ4n) is 5.32. The normalized spacial score (nSPS) is 12.3. The molecule has 0 saturated carbocycles. The summed E-state index contributed by atoms with van der Waals surface area (Å²) in [4.78, 5) is 13.2. The van der Waals surface area contributed by atoms with Crippen LogP contribution in [0.5, 0.6) is 11.5 Å². The largest absolute Gasteiger partial charge is 0.493 e. The number of halogens is 4. The van der Waals surface area contributed by atoms with Gasteiger partial charge in [0, 0.05) is 54.8 Å². The van der Waals surface area contributed by atoms with Gasteiger partial charge < -0.3 is 14.8 Å². The zero-order valence-electron chi connectivity index (χ0n) is 32.7. The van der Waals surface area contributed by atoms with Crippen LogP contribution in [0, 0.1) is 7.14 Å². The van der Waals surface area contributed by atoms with Crippen LogP contribution in [-0.2, 0) is 43.2 Å². The molecule has 0 aliphatic rings. The molecule has 4 aromatic carbocycles. The number of hydrogen-bond acceptors (Lipinski definition) is 16. The number of nitrogens with one attached hydrogen (secondary N) is 1. The van der Waals surface area contributed by atoms with E-state index in [2.05, 4.69) is 58.3 Å². The molecular formula is C37H36Cl2I2N8O11S3. The lowest BCUT2D eigenvalue weighted by Crippen LogP contribution is -2.18. The van der Waals surface area contributed by atoms with Gasteiger partial charge in [0.1, 0.15) is 39.4 Å². The van der Waals surface area contributed by atoms with Gasteiger partial charge in [0.25, 0.3) is 30.4 Å². The zero-order chi connectivity index (χ0) is 46.0. The van der Waals surface area contributed by atoms with Crippen molar-refractivity contribution in [3.63, 3.8) is 0 Å². The number of ether oxygens (including phenoxy) is 2. The van der Waals surface area contributed by atoms with E-state index in [4.69, 9.17) is 37.7 Å². The van der Waals surface area contributed by atoms with Crippen LogP contribution in [0.3, 0.4) is 0 Å². The Labute approximate surface area is 400 Å². The van der Waals surface area contributed by atoms with Crippen LogP contribution < -0.4 is 14.8 Å². The number of aromatic nitrogens is 3. The van der Waals surface area contributed by atoms with Gasteiger partial charge in [-0.1, -0.05) is 30.1 Å². The highest BCUT2D eigenvalue weighted by molar-refractivity contribution is 14.1. The van der Waals surface area contributed by atoms with Crippen molar-refractivity contribution in [3.8, 4) is 11.5 Å². The van der Waals surface area contributed by atoms with E-state index in [0.717, 1.165) is 9.64 Å². The molecule has 1 aromatic heterocycles. The molecule has 0 saturated heterocycles. The van der Waals surface area contributed by atoms with Crippen molar-refractivity contribution in [2.75, 3.05) is 36.6 Å². The number of azo groups is 2. The van der Waals surface area contributed by atoms with E-state index in [9.17, 15) is 38.9 Å². The molecule has 19 nitrogen and oxygen atoms in total. The topological polar surface area (TPSA) is 282 Å². The molecule has 0 spiro atoms. The van der Waals surface area contributed by atoms with Crippen molar-refractivity contribution >= 4 is 127 Å². The molecule has 26 heteroatoms. The maximum atomic E-state index is 11.8. The summed E-state index contributed by atoms with van der Waals surface area (Å²) in [6.45, 7) is 1.95. The van der Waals surface area contributed by atoms with Crippen LogP contribution in [0.15, 0.2) is 92.1 Å². The molecule has 0 amide bonds. The van der Waals surface area contributed by atoms with Gasteiger partial charge in [0.15, 0.2) is 0 Å². The van der Waals surface area contributed by atoms with Gasteiger partial charge in [-0.25, -0.2) is 4.98 Å². The highest BCUT2D eigenvalue weighted by atomic mass is 127. The van der Waals surface area contributed by atoms with Crippen LogP contribution in [0.25, 0.3) is 0 Å². The lowest BCUT2D eigenvalue weighted by molar-refractivity contribution is 0.313. The predicted octanol–water partition coefficient (Wildman–Crippen LogP) is 9.39. The third kappa shape index (κ3) is 16.3.